The van der Waals surface area contributed by atoms with Gasteiger partial charge in [-0.1, -0.05) is 6.07 Å². The molecule has 3 heterocycles. The van der Waals surface area contributed by atoms with Gasteiger partial charge in [-0.2, -0.15) is 5.10 Å². The first-order valence-electron chi connectivity index (χ1n) is 9.55. The zero-order chi connectivity index (χ0) is 20.4. The van der Waals surface area contributed by atoms with Crippen molar-refractivity contribution in [2.45, 2.75) is 18.9 Å². The van der Waals surface area contributed by atoms with Crippen molar-refractivity contribution in [2.75, 3.05) is 33.9 Å². The molecule has 4 rings (SSSR count). The minimum atomic E-state index is -0.0833. The van der Waals surface area contributed by atoms with Crippen molar-refractivity contribution >= 4 is 17.1 Å². The van der Waals surface area contributed by atoms with Crippen molar-refractivity contribution in [1.82, 2.24) is 24.6 Å². The van der Waals surface area contributed by atoms with E-state index in [0.29, 0.717) is 43.2 Å². The van der Waals surface area contributed by atoms with Crippen LogP contribution < -0.4 is 15.2 Å². The number of nitrogens with two attached hydrogens (primary N) is 1. The SMILES string of the molecule is COc1cccc(C(=O)N2CCC(c3nn(CCN)c4nccnc34)C2)c1OC. The molecule has 152 valence electrons. The Kier molecular flexibility index (Phi) is 5.30. The first-order chi connectivity index (χ1) is 14.2. The summed E-state index contributed by atoms with van der Waals surface area (Å²) < 4.78 is 12.5. The fourth-order valence-corrected chi connectivity index (χ4v) is 3.87. The van der Waals surface area contributed by atoms with Crippen molar-refractivity contribution in [3.8, 4) is 11.5 Å². The molecule has 9 nitrogen and oxygen atoms in total. The number of hydrogen-bond acceptors (Lipinski definition) is 7. The number of nitrogens with zero attached hydrogens (tertiary/aromatic N) is 5. The molecule has 0 bridgehead atoms. The predicted molar refractivity (Wildman–Crippen MR) is 107 cm³/mol. The van der Waals surface area contributed by atoms with E-state index in [1.54, 1.807) is 42.4 Å². The van der Waals surface area contributed by atoms with Gasteiger partial charge in [0.25, 0.3) is 5.91 Å². The van der Waals surface area contributed by atoms with E-state index in [-0.39, 0.29) is 11.8 Å². The van der Waals surface area contributed by atoms with Crippen LogP contribution in [0.2, 0.25) is 0 Å². The smallest absolute Gasteiger partial charge is 0.257 e. The Hall–Kier alpha value is -3.20. The summed E-state index contributed by atoms with van der Waals surface area (Å²) in [5, 5.41) is 4.72. The first-order valence-corrected chi connectivity index (χ1v) is 9.55. The summed E-state index contributed by atoms with van der Waals surface area (Å²) in [6.45, 7) is 2.24. The Bertz CT molecular complexity index is 1030. The van der Waals surface area contributed by atoms with Crippen LogP contribution in [0.3, 0.4) is 0 Å². The molecule has 3 aromatic rings. The van der Waals surface area contributed by atoms with Crippen LogP contribution in [0.1, 0.15) is 28.4 Å². The average molecular weight is 396 g/mol. The molecule has 1 atom stereocenters. The summed E-state index contributed by atoms with van der Waals surface area (Å²) in [7, 11) is 3.10. The Balaban J connectivity index is 1.61. The summed E-state index contributed by atoms with van der Waals surface area (Å²) >= 11 is 0. The summed E-state index contributed by atoms with van der Waals surface area (Å²) in [5.41, 5.74) is 8.57. The number of benzene rings is 1. The lowest BCUT2D eigenvalue weighted by Gasteiger charge is -2.19. The summed E-state index contributed by atoms with van der Waals surface area (Å²) in [6.07, 6.45) is 4.13. The van der Waals surface area contributed by atoms with Gasteiger partial charge in [0.15, 0.2) is 17.1 Å². The van der Waals surface area contributed by atoms with Crippen LogP contribution in [0.4, 0.5) is 0 Å². The van der Waals surface area contributed by atoms with Gasteiger partial charge in [0.2, 0.25) is 0 Å². The molecule has 0 saturated carbocycles. The number of carbonyl (C=O) groups excluding carboxylic acids is 1. The Morgan fingerprint density at radius 2 is 2.07 bits per heavy atom. The third kappa shape index (κ3) is 3.38. The highest BCUT2D eigenvalue weighted by Gasteiger charge is 2.33. The van der Waals surface area contributed by atoms with Gasteiger partial charge in [-0.3, -0.25) is 4.79 Å². The number of fused-ring (bicyclic) bond motifs is 1. The van der Waals surface area contributed by atoms with E-state index >= 15 is 0 Å². The van der Waals surface area contributed by atoms with Crippen molar-refractivity contribution in [3.05, 3.63) is 41.9 Å². The van der Waals surface area contributed by atoms with Crippen LogP contribution in [-0.4, -0.2) is 64.4 Å². The molecule has 0 spiro atoms. The molecule has 0 aliphatic carbocycles. The maximum absolute atomic E-state index is 13.2. The lowest BCUT2D eigenvalue weighted by molar-refractivity contribution is 0.0786. The molecular formula is C20H24N6O3. The Morgan fingerprint density at radius 1 is 1.24 bits per heavy atom. The second-order valence-corrected chi connectivity index (χ2v) is 6.90. The Labute approximate surface area is 168 Å². The average Bonchev–Trinajstić information content (AvgIpc) is 3.38. The lowest BCUT2D eigenvalue weighted by Crippen LogP contribution is -2.29. The molecule has 1 amide bonds. The van der Waals surface area contributed by atoms with E-state index < -0.39 is 0 Å². The number of amides is 1. The molecule has 1 aliphatic rings. The number of hydrogen-bond donors (Lipinski definition) is 1. The second kappa shape index (κ2) is 8.04. The third-order valence-electron chi connectivity index (χ3n) is 5.23. The summed E-state index contributed by atoms with van der Waals surface area (Å²) in [5.74, 6) is 0.997. The molecule has 1 aromatic carbocycles. The number of para-hydroxylation sites is 1. The van der Waals surface area contributed by atoms with Crippen molar-refractivity contribution in [3.63, 3.8) is 0 Å². The minimum absolute atomic E-state index is 0.0833. The van der Waals surface area contributed by atoms with Gasteiger partial charge in [0.1, 0.15) is 5.52 Å². The second-order valence-electron chi connectivity index (χ2n) is 6.90. The standard InChI is InChI=1S/C20H24N6O3/c1-28-15-5-3-4-14(18(15)29-2)20(27)25-10-6-13(12-25)16-17-19(23-9-8-22-17)26(24-16)11-7-21/h3-5,8-9,13H,6-7,10-12,21H2,1-2H3. The monoisotopic (exact) mass is 396 g/mol. The largest absolute Gasteiger partial charge is 0.493 e. The maximum Gasteiger partial charge on any atom is 0.257 e. The van der Waals surface area contributed by atoms with Crippen LogP contribution in [0.15, 0.2) is 30.6 Å². The topological polar surface area (TPSA) is 108 Å². The third-order valence-corrected chi connectivity index (χ3v) is 5.23. The number of rotatable bonds is 6. The van der Waals surface area contributed by atoms with Gasteiger partial charge >= 0.3 is 0 Å². The van der Waals surface area contributed by atoms with Gasteiger partial charge in [-0.15, -0.1) is 0 Å². The van der Waals surface area contributed by atoms with E-state index in [1.807, 2.05) is 4.90 Å². The number of carbonyl (C=O) groups is 1. The predicted octanol–water partition coefficient (Wildman–Crippen LogP) is 1.43. The highest BCUT2D eigenvalue weighted by atomic mass is 16.5. The fourth-order valence-electron chi connectivity index (χ4n) is 3.87. The molecule has 9 heteroatoms. The van der Waals surface area contributed by atoms with E-state index in [9.17, 15) is 4.79 Å². The van der Waals surface area contributed by atoms with Gasteiger partial charge in [-0.25, -0.2) is 14.6 Å². The zero-order valence-electron chi connectivity index (χ0n) is 16.5. The van der Waals surface area contributed by atoms with E-state index in [0.717, 1.165) is 23.3 Å². The van der Waals surface area contributed by atoms with Gasteiger partial charge in [-0.05, 0) is 18.6 Å². The zero-order valence-corrected chi connectivity index (χ0v) is 16.5. The lowest BCUT2D eigenvalue weighted by atomic mass is 10.0. The molecular weight excluding hydrogens is 372 g/mol. The molecule has 1 aliphatic heterocycles. The van der Waals surface area contributed by atoms with Crippen molar-refractivity contribution in [2.24, 2.45) is 5.73 Å². The minimum Gasteiger partial charge on any atom is -0.493 e. The number of likely N-dealkylation sites (tertiary alicyclic amines) is 1. The number of ether oxygens (including phenoxy) is 2. The molecule has 29 heavy (non-hydrogen) atoms. The molecule has 1 unspecified atom stereocenters. The van der Waals surface area contributed by atoms with Crippen molar-refractivity contribution < 1.29 is 14.3 Å². The highest BCUT2D eigenvalue weighted by molar-refractivity contribution is 5.98. The van der Waals surface area contributed by atoms with Crippen LogP contribution in [-0.2, 0) is 6.54 Å². The van der Waals surface area contributed by atoms with Gasteiger partial charge in [0.05, 0.1) is 32.0 Å². The molecule has 0 radical (unpaired) electrons. The van der Waals surface area contributed by atoms with Crippen LogP contribution in [0.5, 0.6) is 11.5 Å². The normalized spacial score (nSPS) is 16.4. The first kappa shape index (κ1) is 19.1. The highest BCUT2D eigenvalue weighted by Crippen LogP contribution is 2.35. The number of methoxy groups -OCH3 is 2. The van der Waals surface area contributed by atoms with E-state index in [1.165, 1.54) is 7.11 Å². The summed E-state index contributed by atoms with van der Waals surface area (Å²) in [6, 6.07) is 5.32. The van der Waals surface area contributed by atoms with Crippen LogP contribution in [0, 0.1) is 0 Å². The quantitative estimate of drug-likeness (QED) is 0.671. The molecule has 1 saturated heterocycles. The van der Waals surface area contributed by atoms with Gasteiger partial charge in [0, 0.05) is 37.9 Å². The molecule has 2 N–H and O–H groups in total. The van der Waals surface area contributed by atoms with Crippen LogP contribution in [0.25, 0.3) is 11.2 Å². The Morgan fingerprint density at radius 3 is 2.83 bits per heavy atom. The van der Waals surface area contributed by atoms with Gasteiger partial charge < -0.3 is 20.1 Å². The van der Waals surface area contributed by atoms with E-state index in [4.69, 9.17) is 20.3 Å². The molecule has 2 aromatic heterocycles. The van der Waals surface area contributed by atoms with Crippen LogP contribution >= 0.6 is 0 Å². The fraction of sp³-hybridized carbons (Fsp3) is 0.400. The summed E-state index contributed by atoms with van der Waals surface area (Å²) in [4.78, 5) is 23.9. The van der Waals surface area contributed by atoms with Crippen molar-refractivity contribution in [1.29, 1.82) is 0 Å². The molecule has 1 fully saturated rings. The number of aromatic nitrogens is 4. The van der Waals surface area contributed by atoms with E-state index in [2.05, 4.69) is 9.97 Å². The maximum atomic E-state index is 13.2.